The van der Waals surface area contributed by atoms with E-state index >= 15 is 0 Å². The van der Waals surface area contributed by atoms with E-state index < -0.39 is 7.12 Å². The van der Waals surface area contributed by atoms with Crippen LogP contribution in [0.3, 0.4) is 0 Å². The van der Waals surface area contributed by atoms with Gasteiger partial charge in [-0.15, -0.1) is 0 Å². The van der Waals surface area contributed by atoms with Crippen LogP contribution in [0.4, 0.5) is 0 Å². The van der Waals surface area contributed by atoms with Gasteiger partial charge in [0.2, 0.25) is 0 Å². The van der Waals surface area contributed by atoms with E-state index in [9.17, 15) is 0 Å². The molecule has 4 heteroatoms. The first-order valence-electron chi connectivity index (χ1n) is 17.4. The fourth-order valence-corrected chi connectivity index (χ4v) is 7.42. The lowest BCUT2D eigenvalue weighted by atomic mass is 9.72. The van der Waals surface area contributed by atoms with Gasteiger partial charge in [-0.1, -0.05) is 133 Å². The van der Waals surface area contributed by atoms with Gasteiger partial charge in [0.15, 0.2) is 0 Å². The molecule has 0 spiro atoms. The van der Waals surface area contributed by atoms with Crippen molar-refractivity contribution in [3.63, 3.8) is 0 Å². The molecule has 9 rings (SSSR count). The normalized spacial score (nSPS) is 16.0. The molecule has 0 radical (unpaired) electrons. The van der Waals surface area contributed by atoms with Gasteiger partial charge in [0, 0.05) is 0 Å². The molecule has 0 saturated carbocycles. The SMILES string of the molecule is CCOc1ccc2cc(-c3cc4ccccc4cc3-c3cc4ccccc4cc3B3O[C@H](c4ccccc4)[C@@H](c4ccccc4)O3)ccc2c1. The molecule has 3 nitrogen and oxygen atoms in total. The fourth-order valence-electron chi connectivity index (χ4n) is 7.42. The Hall–Kier alpha value is -5.68. The monoisotopic (exact) mass is 646 g/mol. The molecular weight excluding hydrogens is 611 g/mol. The highest BCUT2D eigenvalue weighted by molar-refractivity contribution is 6.64. The highest BCUT2D eigenvalue weighted by atomic mass is 16.7. The molecule has 2 atom stereocenters. The molecule has 0 N–H and O–H groups in total. The number of rotatable bonds is 7. The van der Waals surface area contributed by atoms with Gasteiger partial charge in [-0.25, -0.2) is 0 Å². The maximum atomic E-state index is 7.00. The van der Waals surface area contributed by atoms with E-state index in [1.54, 1.807) is 0 Å². The molecule has 1 saturated heterocycles. The topological polar surface area (TPSA) is 27.7 Å². The summed E-state index contributed by atoms with van der Waals surface area (Å²) in [5, 5.41) is 7.02. The summed E-state index contributed by atoms with van der Waals surface area (Å²) in [5.41, 5.74) is 7.76. The van der Waals surface area contributed by atoms with Crippen molar-refractivity contribution in [3.05, 3.63) is 181 Å². The molecule has 1 aliphatic heterocycles. The van der Waals surface area contributed by atoms with Crippen molar-refractivity contribution in [2.24, 2.45) is 0 Å². The van der Waals surface area contributed by atoms with Crippen LogP contribution >= 0.6 is 0 Å². The van der Waals surface area contributed by atoms with Crippen molar-refractivity contribution in [1.29, 1.82) is 0 Å². The molecule has 1 fully saturated rings. The molecule has 0 bridgehead atoms. The summed E-state index contributed by atoms with van der Waals surface area (Å²) in [6.45, 7) is 2.66. The first kappa shape index (κ1) is 30.4. The quantitative estimate of drug-likeness (QED) is 0.161. The lowest BCUT2D eigenvalue weighted by Gasteiger charge is -2.19. The maximum absolute atomic E-state index is 7.00. The van der Waals surface area contributed by atoms with E-state index in [1.807, 2.05) is 19.1 Å². The first-order valence-corrected chi connectivity index (χ1v) is 17.4. The lowest BCUT2D eigenvalue weighted by Crippen LogP contribution is -2.33. The Morgan fingerprint density at radius 2 is 0.940 bits per heavy atom. The van der Waals surface area contributed by atoms with Crippen molar-refractivity contribution in [3.8, 4) is 28.0 Å². The van der Waals surface area contributed by atoms with E-state index in [0.717, 1.165) is 55.4 Å². The molecule has 1 heterocycles. The van der Waals surface area contributed by atoms with Crippen molar-refractivity contribution < 1.29 is 14.0 Å². The summed E-state index contributed by atoms with van der Waals surface area (Å²) < 4.78 is 19.8. The molecule has 8 aromatic carbocycles. The van der Waals surface area contributed by atoms with Crippen LogP contribution in [0, 0.1) is 0 Å². The Morgan fingerprint density at radius 3 is 1.54 bits per heavy atom. The van der Waals surface area contributed by atoms with Crippen LogP contribution in [0.5, 0.6) is 5.75 Å². The second kappa shape index (κ2) is 13.0. The molecule has 240 valence electrons. The fraction of sp³-hybridized carbons (Fsp3) is 0.0870. The van der Waals surface area contributed by atoms with Crippen LogP contribution in [-0.4, -0.2) is 13.7 Å². The average molecular weight is 647 g/mol. The Balaban J connectivity index is 1.24. The third-order valence-corrected chi connectivity index (χ3v) is 9.85. The number of benzene rings is 8. The minimum atomic E-state index is -0.585. The van der Waals surface area contributed by atoms with Crippen LogP contribution < -0.4 is 10.2 Å². The highest BCUT2D eigenvalue weighted by Gasteiger charge is 2.43. The van der Waals surface area contributed by atoms with Crippen LogP contribution in [0.1, 0.15) is 30.3 Å². The summed E-state index contributed by atoms with van der Waals surface area (Å²) in [4.78, 5) is 0. The van der Waals surface area contributed by atoms with E-state index in [-0.39, 0.29) is 12.2 Å². The molecule has 1 aliphatic rings. The van der Waals surface area contributed by atoms with Gasteiger partial charge in [0.05, 0.1) is 18.8 Å². The second-order valence-corrected chi connectivity index (χ2v) is 13.0. The van der Waals surface area contributed by atoms with Gasteiger partial charge < -0.3 is 14.0 Å². The van der Waals surface area contributed by atoms with Crippen molar-refractivity contribution in [2.75, 3.05) is 6.61 Å². The number of ether oxygens (including phenoxy) is 1. The average Bonchev–Trinajstić information content (AvgIpc) is 3.63. The predicted molar refractivity (Wildman–Crippen MR) is 207 cm³/mol. The summed E-state index contributed by atoms with van der Waals surface area (Å²) >= 11 is 0. The Bertz CT molecular complexity index is 2430. The maximum Gasteiger partial charge on any atom is 0.495 e. The molecule has 8 aromatic rings. The van der Waals surface area contributed by atoms with Gasteiger partial charge >= 0.3 is 7.12 Å². The molecule has 0 unspecified atom stereocenters. The second-order valence-electron chi connectivity index (χ2n) is 13.0. The first-order chi connectivity index (χ1) is 24.7. The van der Waals surface area contributed by atoms with E-state index in [1.165, 1.54) is 21.5 Å². The number of hydrogen-bond donors (Lipinski definition) is 0. The third-order valence-electron chi connectivity index (χ3n) is 9.85. The zero-order valence-electron chi connectivity index (χ0n) is 27.8. The zero-order chi connectivity index (χ0) is 33.4. The van der Waals surface area contributed by atoms with Crippen molar-refractivity contribution in [2.45, 2.75) is 19.1 Å². The Morgan fingerprint density at radius 1 is 0.460 bits per heavy atom. The Kier molecular flexibility index (Phi) is 7.89. The zero-order valence-corrected chi connectivity index (χ0v) is 27.8. The summed E-state index contributed by atoms with van der Waals surface area (Å²) in [5.74, 6) is 0.888. The minimum absolute atomic E-state index is 0.263. The Labute approximate surface area is 292 Å². The van der Waals surface area contributed by atoms with Crippen molar-refractivity contribution >= 4 is 44.9 Å². The summed E-state index contributed by atoms with van der Waals surface area (Å²) in [7, 11) is -0.585. The van der Waals surface area contributed by atoms with E-state index in [4.69, 9.17) is 14.0 Å². The largest absolute Gasteiger partial charge is 0.495 e. The summed E-state index contributed by atoms with van der Waals surface area (Å²) in [6, 6.07) is 60.3. The molecule has 0 aromatic heterocycles. The highest BCUT2D eigenvalue weighted by Crippen LogP contribution is 2.43. The third kappa shape index (κ3) is 5.63. The van der Waals surface area contributed by atoms with Crippen molar-refractivity contribution in [1.82, 2.24) is 0 Å². The molecular formula is C46H35BO3. The molecule has 0 aliphatic carbocycles. The van der Waals surface area contributed by atoms with Crippen LogP contribution in [-0.2, 0) is 9.31 Å². The standard InChI is InChI=1S/C46H35BO3/c1-2-48-40-24-23-37-25-39(22-21-38(37)26-40)41-27-33-17-9-10-18-34(33)28-42(41)43-29-35-19-11-12-20-36(35)30-44(43)47-49-45(31-13-5-3-6-14-31)46(50-47)32-15-7-4-8-16-32/h3-30,45-46H,2H2,1H3/t45-,46-/m1/s1. The van der Waals surface area contributed by atoms with Gasteiger partial charge in [-0.3, -0.25) is 0 Å². The van der Waals surface area contributed by atoms with E-state index in [2.05, 4.69) is 158 Å². The van der Waals surface area contributed by atoms with Gasteiger partial charge in [0.25, 0.3) is 0 Å². The van der Waals surface area contributed by atoms with Crippen LogP contribution in [0.2, 0.25) is 0 Å². The molecule has 50 heavy (non-hydrogen) atoms. The van der Waals surface area contributed by atoms with Crippen LogP contribution in [0.25, 0.3) is 54.6 Å². The molecule has 0 amide bonds. The lowest BCUT2D eigenvalue weighted by molar-refractivity contribution is 0.159. The summed E-state index contributed by atoms with van der Waals surface area (Å²) in [6.07, 6.45) is -0.526. The number of hydrogen-bond acceptors (Lipinski definition) is 3. The van der Waals surface area contributed by atoms with Gasteiger partial charge in [-0.2, -0.15) is 0 Å². The smallest absolute Gasteiger partial charge is 0.494 e. The number of fused-ring (bicyclic) bond motifs is 3. The van der Waals surface area contributed by atoms with E-state index in [0.29, 0.717) is 6.61 Å². The minimum Gasteiger partial charge on any atom is -0.494 e. The van der Waals surface area contributed by atoms with Crippen LogP contribution in [0.15, 0.2) is 170 Å². The van der Waals surface area contributed by atoms with Gasteiger partial charge in [0.1, 0.15) is 5.75 Å². The van der Waals surface area contributed by atoms with Gasteiger partial charge in [-0.05, 0) is 114 Å². The predicted octanol–water partition coefficient (Wildman–Crippen LogP) is 11.1.